The average Bonchev–Trinajstić information content (AvgIpc) is 2.82. The van der Waals surface area contributed by atoms with E-state index in [1.807, 2.05) is 0 Å². The van der Waals surface area contributed by atoms with Crippen molar-refractivity contribution in [3.63, 3.8) is 0 Å². The molecule has 5 heteroatoms. The van der Waals surface area contributed by atoms with Crippen LogP contribution in [0.3, 0.4) is 0 Å². The summed E-state index contributed by atoms with van der Waals surface area (Å²) in [6.45, 7) is 2.42. The van der Waals surface area contributed by atoms with Crippen LogP contribution < -0.4 is 26.5 Å². The summed E-state index contributed by atoms with van der Waals surface area (Å²) in [7, 11) is -1.84. The Labute approximate surface area is 202 Å². The van der Waals surface area contributed by atoms with E-state index in [9.17, 15) is 0 Å². The molecular formula is C25H24Br2FeP2+2. The van der Waals surface area contributed by atoms with Crippen molar-refractivity contribution >= 4 is 70.6 Å². The molecular weight excluding hydrogens is 578 g/mol. The molecule has 0 saturated carbocycles. The van der Waals surface area contributed by atoms with Gasteiger partial charge in [-0.2, -0.15) is 0 Å². The molecule has 0 saturated heterocycles. The molecule has 4 aromatic carbocycles. The molecule has 0 heterocycles. The molecule has 0 aliphatic rings. The predicted molar refractivity (Wildman–Crippen MR) is 144 cm³/mol. The van der Waals surface area contributed by atoms with E-state index in [2.05, 4.69) is 150 Å². The standard InChI is InChI=1S/C25H22P2.2BrH.Fe/c1-26(21-13-5-2-6-14-21)24-19-11-12-20-25(24)27(22-15-7-3-8-16-22)23-17-9-4-10-18-23;;;/h2-20H,1H3;2*1H;/q;;;+2. The van der Waals surface area contributed by atoms with E-state index in [1.54, 1.807) is 0 Å². The summed E-state index contributed by atoms with van der Waals surface area (Å²) >= 11 is 7.00. The topological polar surface area (TPSA) is 0 Å². The van der Waals surface area contributed by atoms with E-state index in [-0.39, 0.29) is 0 Å². The molecule has 1 atom stereocenters. The van der Waals surface area contributed by atoms with E-state index in [1.165, 1.54) is 26.5 Å². The number of hydrogen-bond acceptors (Lipinski definition) is 0. The molecule has 4 aromatic rings. The van der Waals surface area contributed by atoms with Gasteiger partial charge in [0.2, 0.25) is 0 Å². The van der Waals surface area contributed by atoms with Gasteiger partial charge in [-0.25, -0.2) is 0 Å². The molecule has 0 radical (unpaired) electrons. The van der Waals surface area contributed by atoms with Crippen molar-refractivity contribution in [3.8, 4) is 0 Å². The third-order valence-corrected chi connectivity index (χ3v) is 10.4. The molecule has 0 aliphatic carbocycles. The molecule has 30 heavy (non-hydrogen) atoms. The Kier molecular flexibility index (Phi) is 10.3. The van der Waals surface area contributed by atoms with Gasteiger partial charge in [-0.15, -0.1) is 0 Å². The third kappa shape index (κ3) is 6.37. The molecule has 0 aromatic heterocycles. The molecule has 0 fully saturated rings. The second-order valence-corrected chi connectivity index (χ2v) is 17.1. The molecule has 0 spiro atoms. The number of halogens is 2. The summed E-state index contributed by atoms with van der Waals surface area (Å²) in [6.07, 6.45) is 0. The first kappa shape index (κ1) is 23.9. The Morgan fingerprint density at radius 1 is 0.500 bits per heavy atom. The van der Waals surface area contributed by atoms with Gasteiger partial charge in [0.1, 0.15) is 29.1 Å². The quantitative estimate of drug-likeness (QED) is 0.205. The molecule has 0 amide bonds. The summed E-state index contributed by atoms with van der Waals surface area (Å²) in [5, 5.41) is 7.43. The Bertz CT molecular complexity index is 975. The normalized spacial score (nSPS) is 11.6. The third-order valence-electron chi connectivity index (χ3n) is 4.93. The molecule has 1 unspecified atom stereocenters. The Morgan fingerprint density at radius 3 is 1.27 bits per heavy atom. The Morgan fingerprint density at radius 2 is 0.833 bits per heavy atom. The van der Waals surface area contributed by atoms with Gasteiger partial charge in [-0.1, -0.05) is 66.7 Å². The van der Waals surface area contributed by atoms with Crippen LogP contribution in [0.25, 0.3) is 0 Å². The SMILES string of the molecule is C[PH+](c1ccccc1)c1ccccc1[PH+](c1ccccc1)c1ccccc1.[Br][Fe][Br]. The van der Waals surface area contributed by atoms with Gasteiger partial charge in [0, 0.05) is 0 Å². The van der Waals surface area contributed by atoms with Gasteiger partial charge in [0.25, 0.3) is 0 Å². The van der Waals surface area contributed by atoms with Crippen molar-refractivity contribution < 1.29 is 11.3 Å². The molecule has 0 bridgehead atoms. The van der Waals surface area contributed by atoms with Crippen LogP contribution in [0.1, 0.15) is 0 Å². The van der Waals surface area contributed by atoms with E-state index in [0.29, 0.717) is 0 Å². The first-order chi connectivity index (χ1) is 14.8. The number of hydrogen-bond donors (Lipinski definition) is 0. The summed E-state index contributed by atoms with van der Waals surface area (Å²) in [5.74, 6) is 0. The summed E-state index contributed by atoms with van der Waals surface area (Å²) in [5.41, 5.74) is 0. The zero-order valence-corrected chi connectivity index (χ0v) is 22.9. The molecule has 154 valence electrons. The molecule has 0 N–H and O–H groups in total. The Balaban J connectivity index is 0.000000806. The Hall–Kier alpha value is -0.781. The maximum atomic E-state index is 3.06. The van der Waals surface area contributed by atoms with Crippen LogP contribution in [0, 0.1) is 0 Å². The fourth-order valence-electron chi connectivity index (χ4n) is 3.56. The maximum absolute atomic E-state index is 3.06. The van der Waals surface area contributed by atoms with Crippen LogP contribution in [0.4, 0.5) is 0 Å². The minimum absolute atomic E-state index is 0.808. The van der Waals surface area contributed by atoms with Crippen molar-refractivity contribution in [2.75, 3.05) is 6.66 Å². The van der Waals surface area contributed by atoms with Crippen LogP contribution >= 0.6 is 44.1 Å². The van der Waals surface area contributed by atoms with Gasteiger partial charge >= 0.3 is 39.6 Å². The van der Waals surface area contributed by atoms with Crippen molar-refractivity contribution in [2.24, 2.45) is 0 Å². The van der Waals surface area contributed by atoms with Gasteiger partial charge in [-0.05, 0) is 48.5 Å². The minimum atomic E-state index is -1.03. The number of benzene rings is 4. The van der Waals surface area contributed by atoms with Crippen molar-refractivity contribution in [3.05, 3.63) is 115 Å². The van der Waals surface area contributed by atoms with Crippen LogP contribution in [-0.4, -0.2) is 6.66 Å². The van der Waals surface area contributed by atoms with Crippen LogP contribution in [-0.2, 0) is 11.3 Å². The summed E-state index contributed by atoms with van der Waals surface area (Å²) < 4.78 is 0. The van der Waals surface area contributed by atoms with Gasteiger partial charge < -0.3 is 0 Å². The second-order valence-electron chi connectivity index (χ2n) is 6.69. The van der Waals surface area contributed by atoms with Gasteiger partial charge in [-0.3, -0.25) is 0 Å². The first-order valence-electron chi connectivity index (χ1n) is 9.58. The van der Waals surface area contributed by atoms with Crippen molar-refractivity contribution in [2.45, 2.75) is 0 Å². The van der Waals surface area contributed by atoms with Crippen LogP contribution in [0.2, 0.25) is 0 Å². The van der Waals surface area contributed by atoms with Crippen molar-refractivity contribution in [1.82, 2.24) is 0 Å². The zero-order chi connectivity index (χ0) is 21.2. The summed E-state index contributed by atoms with van der Waals surface area (Å²) in [4.78, 5) is 0. The average molecular weight is 602 g/mol. The van der Waals surface area contributed by atoms with E-state index in [4.69, 9.17) is 0 Å². The van der Waals surface area contributed by atoms with E-state index >= 15 is 0 Å². The number of rotatable bonds is 5. The van der Waals surface area contributed by atoms with Gasteiger partial charge in [0.05, 0.1) is 19.9 Å². The molecule has 0 aliphatic heterocycles. The zero-order valence-electron chi connectivity index (χ0n) is 16.6. The molecule has 4 rings (SSSR count). The van der Waals surface area contributed by atoms with E-state index in [0.717, 1.165) is 11.3 Å². The monoisotopic (exact) mass is 600 g/mol. The van der Waals surface area contributed by atoms with E-state index < -0.39 is 15.8 Å². The first-order valence-corrected chi connectivity index (χ1v) is 18.5. The second kappa shape index (κ2) is 12.9. The molecule has 0 nitrogen and oxygen atoms in total. The van der Waals surface area contributed by atoms with Gasteiger partial charge in [0.15, 0.2) is 0 Å². The summed E-state index contributed by atoms with van der Waals surface area (Å²) in [6, 6.07) is 42.2. The van der Waals surface area contributed by atoms with Crippen LogP contribution in [0.15, 0.2) is 115 Å². The fourth-order valence-corrected chi connectivity index (χ4v) is 8.96. The van der Waals surface area contributed by atoms with Crippen molar-refractivity contribution in [1.29, 1.82) is 0 Å². The van der Waals surface area contributed by atoms with Crippen LogP contribution in [0.5, 0.6) is 0 Å². The predicted octanol–water partition coefficient (Wildman–Crippen LogP) is 5.66. The fraction of sp³-hybridized carbons (Fsp3) is 0.0400.